The molecule has 0 radical (unpaired) electrons. The monoisotopic (exact) mass is 264 g/mol. The molecule has 19 heavy (non-hydrogen) atoms. The molecule has 1 aromatic rings. The van der Waals surface area contributed by atoms with Crippen molar-refractivity contribution in [2.75, 3.05) is 41.3 Å². The van der Waals surface area contributed by atoms with E-state index in [4.69, 9.17) is 4.74 Å². The second kappa shape index (κ2) is 4.89. The number of quaternary nitrogens is 2. The summed E-state index contributed by atoms with van der Waals surface area (Å²) in [6.07, 6.45) is 0.332. The fraction of sp³-hybridized carbons (Fsp3) is 0.625. The lowest BCUT2D eigenvalue weighted by Gasteiger charge is -2.25. The van der Waals surface area contributed by atoms with Crippen molar-refractivity contribution in [3.8, 4) is 0 Å². The van der Waals surface area contributed by atoms with Gasteiger partial charge in [-0.3, -0.25) is 8.97 Å². The van der Waals surface area contributed by atoms with E-state index in [2.05, 4.69) is 59.3 Å². The van der Waals surface area contributed by atoms with Crippen molar-refractivity contribution in [3.63, 3.8) is 0 Å². The standard InChI is InChI=1S/C16H28N2O/c1-7-18(12-16(18)13(2)19-6)15-10-8-14(9-11-15)17(3,4)5/h8-11,13,16H,7,12H2,1-6H3/q+2. The van der Waals surface area contributed by atoms with Gasteiger partial charge in [-0.2, -0.15) is 0 Å². The lowest BCUT2D eigenvalue weighted by Crippen LogP contribution is -2.35. The summed E-state index contributed by atoms with van der Waals surface area (Å²) in [6, 6.07) is 9.73. The molecule has 0 aromatic heterocycles. The number of likely N-dealkylation sites (N-methyl/N-ethyl adjacent to an activating group) is 1. The van der Waals surface area contributed by atoms with Gasteiger partial charge >= 0.3 is 0 Å². The van der Waals surface area contributed by atoms with Gasteiger partial charge in [-0.15, -0.1) is 0 Å². The van der Waals surface area contributed by atoms with Crippen LogP contribution in [-0.2, 0) is 4.74 Å². The van der Waals surface area contributed by atoms with E-state index in [0.717, 1.165) is 15.5 Å². The number of nitrogens with zero attached hydrogens (tertiary/aromatic N) is 2. The molecule has 1 aliphatic heterocycles. The second-order valence-corrected chi connectivity index (χ2v) is 6.57. The van der Waals surface area contributed by atoms with Crippen LogP contribution in [0.4, 0.5) is 11.4 Å². The molecule has 3 unspecified atom stereocenters. The molecular formula is C16H28N2O+2. The van der Waals surface area contributed by atoms with Crippen molar-refractivity contribution in [3.05, 3.63) is 24.3 Å². The first kappa shape index (κ1) is 14.5. The molecule has 106 valence electrons. The van der Waals surface area contributed by atoms with E-state index in [1.165, 1.54) is 17.9 Å². The average molecular weight is 264 g/mol. The molecule has 3 nitrogen and oxygen atoms in total. The van der Waals surface area contributed by atoms with Crippen molar-refractivity contribution in [2.24, 2.45) is 0 Å². The summed E-state index contributed by atoms with van der Waals surface area (Å²) in [5.41, 5.74) is 2.77. The van der Waals surface area contributed by atoms with Crippen LogP contribution < -0.4 is 8.97 Å². The summed E-state index contributed by atoms with van der Waals surface area (Å²) in [7, 11) is 8.42. The van der Waals surface area contributed by atoms with Crippen LogP contribution in [0.3, 0.4) is 0 Å². The summed E-state index contributed by atoms with van der Waals surface area (Å²) in [4.78, 5) is 0. The van der Waals surface area contributed by atoms with Gasteiger partial charge in [-0.1, -0.05) is 0 Å². The Balaban J connectivity index is 2.23. The van der Waals surface area contributed by atoms with Crippen LogP contribution in [0.5, 0.6) is 0 Å². The number of rotatable bonds is 5. The first-order valence-electron chi connectivity index (χ1n) is 7.17. The van der Waals surface area contributed by atoms with E-state index in [1.54, 1.807) is 0 Å². The molecule has 1 fully saturated rings. The molecule has 0 amide bonds. The van der Waals surface area contributed by atoms with Gasteiger partial charge in [-0.25, -0.2) is 0 Å². The lowest BCUT2D eigenvalue weighted by atomic mass is 10.2. The summed E-state index contributed by atoms with van der Waals surface area (Å²) >= 11 is 0. The number of benzene rings is 1. The SMILES string of the molecule is CC[N+]1(c2ccc([N+](C)(C)C)cc2)CC1C(C)OC. The molecule has 0 aliphatic carbocycles. The molecule has 1 saturated heterocycles. The highest BCUT2D eigenvalue weighted by Crippen LogP contribution is 2.41. The Morgan fingerprint density at radius 1 is 1.26 bits per heavy atom. The molecule has 0 bridgehead atoms. The highest BCUT2D eigenvalue weighted by atomic mass is 16.5. The third-order valence-electron chi connectivity index (χ3n) is 4.63. The van der Waals surface area contributed by atoms with Crippen molar-refractivity contribution in [2.45, 2.75) is 26.0 Å². The minimum Gasteiger partial charge on any atom is -0.375 e. The van der Waals surface area contributed by atoms with E-state index >= 15 is 0 Å². The normalized spacial score (nSPS) is 28.2. The largest absolute Gasteiger partial charge is 0.375 e. The highest BCUT2D eigenvalue weighted by molar-refractivity contribution is 5.55. The van der Waals surface area contributed by atoms with Crippen molar-refractivity contribution >= 4 is 11.4 Å². The van der Waals surface area contributed by atoms with E-state index in [1.807, 2.05) is 7.11 Å². The van der Waals surface area contributed by atoms with Gasteiger partial charge in [0.25, 0.3) is 0 Å². The minimum atomic E-state index is 0.332. The molecule has 0 spiro atoms. The van der Waals surface area contributed by atoms with Gasteiger partial charge in [0.15, 0.2) is 6.04 Å². The predicted octanol–water partition coefficient (Wildman–Crippen LogP) is 2.63. The Hall–Kier alpha value is -0.900. The summed E-state index contributed by atoms with van der Waals surface area (Å²) in [5, 5.41) is 0. The van der Waals surface area contributed by atoms with E-state index in [-0.39, 0.29) is 0 Å². The van der Waals surface area contributed by atoms with Crippen LogP contribution in [0, 0.1) is 0 Å². The molecule has 3 atom stereocenters. The van der Waals surface area contributed by atoms with Crippen LogP contribution in [0.25, 0.3) is 0 Å². The Morgan fingerprint density at radius 3 is 2.26 bits per heavy atom. The van der Waals surface area contributed by atoms with Gasteiger partial charge in [0.05, 0.1) is 27.7 Å². The average Bonchev–Trinajstić information content (AvgIpc) is 3.13. The van der Waals surface area contributed by atoms with Crippen molar-refractivity contribution < 1.29 is 4.74 Å². The maximum absolute atomic E-state index is 5.51. The molecular weight excluding hydrogens is 236 g/mol. The second-order valence-electron chi connectivity index (χ2n) is 6.57. The molecule has 1 aromatic carbocycles. The first-order chi connectivity index (χ1) is 8.85. The number of hydrogen-bond donors (Lipinski definition) is 0. The van der Waals surface area contributed by atoms with Crippen LogP contribution in [0.1, 0.15) is 13.8 Å². The number of hydrogen-bond acceptors (Lipinski definition) is 1. The maximum atomic E-state index is 5.51. The number of methoxy groups -OCH3 is 1. The van der Waals surface area contributed by atoms with Crippen LogP contribution in [0.2, 0.25) is 0 Å². The maximum Gasteiger partial charge on any atom is 0.170 e. The summed E-state index contributed by atoms with van der Waals surface area (Å²) in [6.45, 7) is 6.80. The summed E-state index contributed by atoms with van der Waals surface area (Å²) < 4.78 is 7.45. The molecule has 1 heterocycles. The third kappa shape index (κ3) is 2.55. The van der Waals surface area contributed by atoms with Crippen LogP contribution in [-0.4, -0.2) is 53.5 Å². The molecule has 3 heteroatoms. The topological polar surface area (TPSA) is 9.23 Å². The highest BCUT2D eigenvalue weighted by Gasteiger charge is 2.58. The quantitative estimate of drug-likeness (QED) is 0.587. The van der Waals surface area contributed by atoms with Gasteiger partial charge < -0.3 is 4.74 Å². The Bertz CT molecular complexity index is 435. The minimum absolute atomic E-state index is 0.332. The fourth-order valence-corrected chi connectivity index (χ4v) is 3.03. The number of ether oxygens (including phenoxy) is 1. The van der Waals surface area contributed by atoms with Crippen LogP contribution in [0.15, 0.2) is 24.3 Å². The fourth-order valence-electron chi connectivity index (χ4n) is 3.03. The Morgan fingerprint density at radius 2 is 1.84 bits per heavy atom. The zero-order valence-electron chi connectivity index (χ0n) is 13.2. The first-order valence-corrected chi connectivity index (χ1v) is 7.17. The lowest BCUT2D eigenvalue weighted by molar-refractivity contribution is 0.106. The van der Waals surface area contributed by atoms with Crippen molar-refractivity contribution in [1.82, 2.24) is 8.97 Å². The predicted molar refractivity (Wildman–Crippen MR) is 83.5 cm³/mol. The van der Waals surface area contributed by atoms with Gasteiger partial charge in [-0.05, 0) is 13.8 Å². The zero-order valence-corrected chi connectivity index (χ0v) is 13.2. The van der Waals surface area contributed by atoms with E-state index in [0.29, 0.717) is 12.1 Å². The third-order valence-corrected chi connectivity index (χ3v) is 4.63. The van der Waals surface area contributed by atoms with E-state index < -0.39 is 0 Å². The molecule has 0 saturated carbocycles. The Labute approximate surface area is 117 Å². The van der Waals surface area contributed by atoms with Gasteiger partial charge in [0.2, 0.25) is 0 Å². The molecule has 0 N–H and O–H groups in total. The zero-order chi connectivity index (χ0) is 14.3. The van der Waals surface area contributed by atoms with Crippen LogP contribution >= 0.6 is 0 Å². The molecule has 2 rings (SSSR count). The van der Waals surface area contributed by atoms with Gasteiger partial charge in [0, 0.05) is 31.4 Å². The summed E-state index contributed by atoms with van der Waals surface area (Å²) in [5.74, 6) is 0. The van der Waals surface area contributed by atoms with Crippen molar-refractivity contribution in [1.29, 1.82) is 0 Å². The van der Waals surface area contributed by atoms with Gasteiger partial charge in [0.1, 0.15) is 24.0 Å². The smallest absolute Gasteiger partial charge is 0.170 e. The molecule has 1 aliphatic rings. The Kier molecular flexibility index (Phi) is 3.74. The van der Waals surface area contributed by atoms with E-state index in [9.17, 15) is 0 Å².